The highest BCUT2D eigenvalue weighted by Crippen LogP contribution is 2.36. The number of nitrogens with one attached hydrogen (secondary N) is 1. The third kappa shape index (κ3) is 3.36. The van der Waals surface area contributed by atoms with E-state index < -0.39 is 11.9 Å². The Hall–Kier alpha value is -3.49. The molecule has 152 valence electrons. The molecule has 0 saturated carbocycles. The van der Waals surface area contributed by atoms with Crippen LogP contribution in [-0.4, -0.2) is 29.9 Å². The van der Waals surface area contributed by atoms with Crippen molar-refractivity contribution < 1.29 is 13.2 Å². The van der Waals surface area contributed by atoms with E-state index in [2.05, 4.69) is 44.5 Å². The van der Waals surface area contributed by atoms with Crippen LogP contribution in [0.2, 0.25) is 0 Å². The van der Waals surface area contributed by atoms with Crippen molar-refractivity contribution in [3.05, 3.63) is 71.9 Å². The van der Waals surface area contributed by atoms with Crippen molar-refractivity contribution in [2.75, 3.05) is 0 Å². The number of aromatic amines is 1. The number of rotatable bonds is 4. The lowest BCUT2D eigenvalue weighted by molar-refractivity contribution is -0.140. The maximum absolute atomic E-state index is 13.2. The molecule has 1 N–H and O–H groups in total. The highest BCUT2D eigenvalue weighted by molar-refractivity contribution is 5.67. The van der Waals surface area contributed by atoms with Crippen LogP contribution in [0.15, 0.2) is 55.1 Å². The molecule has 0 amide bonds. The summed E-state index contributed by atoms with van der Waals surface area (Å²) in [6.07, 6.45) is 2.66. The van der Waals surface area contributed by atoms with Gasteiger partial charge in [-0.3, -0.25) is 10.1 Å². The second-order valence-electron chi connectivity index (χ2n) is 7.35. The number of imidazole rings is 1. The predicted octanol–water partition coefficient (Wildman–Crippen LogP) is 4.48. The van der Waals surface area contributed by atoms with Crippen LogP contribution in [0, 0.1) is 0 Å². The molecule has 0 radical (unpaired) electrons. The Bertz CT molecular complexity index is 1190. The zero-order chi connectivity index (χ0) is 20.7. The molecule has 1 aromatic carbocycles. The number of alkyl halides is 3. The molecule has 4 aromatic rings. The summed E-state index contributed by atoms with van der Waals surface area (Å²) in [6, 6.07) is 11.5. The molecule has 5 rings (SSSR count). The van der Waals surface area contributed by atoms with E-state index in [-0.39, 0.29) is 11.3 Å². The number of H-pyrrole nitrogens is 1. The van der Waals surface area contributed by atoms with Gasteiger partial charge >= 0.3 is 6.18 Å². The maximum atomic E-state index is 13.2. The first-order valence-electron chi connectivity index (χ1n) is 9.53. The summed E-state index contributed by atoms with van der Waals surface area (Å²) >= 11 is 0. The number of hydrogen-bond acceptors (Lipinski definition) is 4. The third-order valence-electron chi connectivity index (χ3n) is 5.45. The fourth-order valence-electron chi connectivity index (χ4n) is 4.03. The lowest BCUT2D eigenvalue weighted by Gasteiger charge is -2.11. The number of aromatic nitrogens is 6. The average molecular weight is 410 g/mol. The Morgan fingerprint density at radius 2 is 1.97 bits per heavy atom. The molecule has 1 aliphatic carbocycles. The first-order valence-corrected chi connectivity index (χ1v) is 9.53. The van der Waals surface area contributed by atoms with Crippen molar-refractivity contribution in [3.63, 3.8) is 0 Å². The molecule has 0 fully saturated rings. The van der Waals surface area contributed by atoms with Crippen LogP contribution < -0.4 is 0 Å². The number of halogens is 3. The Morgan fingerprint density at radius 1 is 1.10 bits per heavy atom. The smallest absolute Gasteiger partial charge is 0.336 e. The van der Waals surface area contributed by atoms with Gasteiger partial charge in [0.25, 0.3) is 0 Å². The highest BCUT2D eigenvalue weighted by Gasteiger charge is 2.37. The van der Waals surface area contributed by atoms with Crippen LogP contribution in [0.3, 0.4) is 0 Å². The minimum absolute atomic E-state index is 0.256. The molecule has 0 spiro atoms. The van der Waals surface area contributed by atoms with Gasteiger partial charge in [-0.1, -0.05) is 29.5 Å². The van der Waals surface area contributed by atoms with Gasteiger partial charge in [0.2, 0.25) is 0 Å². The standard InChI is InChI=1S/C21H17F3N6/c22-21(23,24)20-19(27-29-28-20)14-7-8-25-17(9-14)18-11-30(12-26-18)10-15-6-5-13-3-1-2-4-16(13)15/h1-4,7-9,11-12,15H,5-6,10H2,(H,27,28,29). The number of hydrogen-bond donors (Lipinski definition) is 1. The molecule has 6 nitrogen and oxygen atoms in total. The molecule has 0 bridgehead atoms. The Morgan fingerprint density at radius 3 is 2.83 bits per heavy atom. The van der Waals surface area contributed by atoms with E-state index in [0.29, 0.717) is 17.3 Å². The monoisotopic (exact) mass is 410 g/mol. The van der Waals surface area contributed by atoms with Crippen LogP contribution in [-0.2, 0) is 19.1 Å². The zero-order valence-electron chi connectivity index (χ0n) is 15.8. The van der Waals surface area contributed by atoms with E-state index in [1.165, 1.54) is 23.4 Å². The van der Waals surface area contributed by atoms with Crippen LogP contribution in [0.25, 0.3) is 22.6 Å². The largest absolute Gasteiger partial charge is 0.435 e. The van der Waals surface area contributed by atoms with Gasteiger partial charge in [-0.25, -0.2) is 4.98 Å². The van der Waals surface area contributed by atoms with Crippen molar-refractivity contribution in [3.8, 4) is 22.6 Å². The molecule has 9 heteroatoms. The van der Waals surface area contributed by atoms with Gasteiger partial charge in [-0.05, 0) is 36.1 Å². The van der Waals surface area contributed by atoms with Gasteiger partial charge < -0.3 is 4.57 Å². The molecule has 3 heterocycles. The minimum Gasteiger partial charge on any atom is -0.336 e. The molecule has 0 saturated heterocycles. The summed E-state index contributed by atoms with van der Waals surface area (Å²) in [5.74, 6) is 0.423. The SMILES string of the molecule is FC(F)(F)c1[nH]nnc1-c1ccnc(-c2cn(CC3CCc4ccccc43)cn2)c1. The summed E-state index contributed by atoms with van der Waals surface area (Å²) in [6.45, 7) is 0.797. The Labute approximate surface area is 169 Å². The first kappa shape index (κ1) is 18.5. The van der Waals surface area contributed by atoms with Crippen molar-refractivity contribution in [2.45, 2.75) is 31.5 Å². The van der Waals surface area contributed by atoms with Crippen molar-refractivity contribution in [1.82, 2.24) is 29.9 Å². The van der Waals surface area contributed by atoms with Crippen molar-refractivity contribution >= 4 is 0 Å². The minimum atomic E-state index is -4.57. The second kappa shape index (κ2) is 7.08. The fourth-order valence-corrected chi connectivity index (χ4v) is 4.03. The summed E-state index contributed by atoms with van der Waals surface area (Å²) in [5.41, 5.74) is 2.89. The van der Waals surface area contributed by atoms with E-state index >= 15 is 0 Å². The van der Waals surface area contributed by atoms with Gasteiger partial charge in [0.1, 0.15) is 11.4 Å². The molecule has 1 atom stereocenters. The number of pyridine rings is 1. The average Bonchev–Trinajstić information content (AvgIpc) is 3.48. The Kier molecular flexibility index (Phi) is 4.38. The second-order valence-corrected chi connectivity index (χ2v) is 7.35. The third-order valence-corrected chi connectivity index (χ3v) is 5.45. The number of benzene rings is 1. The van der Waals surface area contributed by atoms with Crippen LogP contribution in [0.4, 0.5) is 13.2 Å². The number of nitrogens with zero attached hydrogens (tertiary/aromatic N) is 5. The van der Waals surface area contributed by atoms with Crippen molar-refractivity contribution in [2.24, 2.45) is 0 Å². The van der Waals surface area contributed by atoms with Gasteiger partial charge in [-0.2, -0.15) is 13.2 Å². The molecule has 30 heavy (non-hydrogen) atoms. The van der Waals surface area contributed by atoms with Gasteiger partial charge in [0.05, 0.1) is 12.0 Å². The van der Waals surface area contributed by atoms with Gasteiger partial charge in [0.15, 0.2) is 5.69 Å². The molecule has 0 aliphatic heterocycles. The summed E-state index contributed by atoms with van der Waals surface area (Å²) in [5, 5.41) is 8.85. The summed E-state index contributed by atoms with van der Waals surface area (Å²) in [4.78, 5) is 8.69. The topological polar surface area (TPSA) is 72.3 Å². The lowest BCUT2D eigenvalue weighted by Crippen LogP contribution is -2.07. The number of fused-ring (bicyclic) bond motifs is 1. The van der Waals surface area contributed by atoms with Gasteiger partial charge in [-0.15, -0.1) is 5.10 Å². The summed E-state index contributed by atoms with van der Waals surface area (Å²) < 4.78 is 41.5. The van der Waals surface area contributed by atoms with Crippen molar-refractivity contribution in [1.29, 1.82) is 0 Å². The normalized spacial score (nSPS) is 16.0. The zero-order valence-corrected chi connectivity index (χ0v) is 15.8. The number of aryl methyl sites for hydroxylation is 1. The van der Waals surface area contributed by atoms with E-state index in [9.17, 15) is 13.2 Å². The molecule has 1 aliphatic rings. The summed E-state index contributed by atoms with van der Waals surface area (Å²) in [7, 11) is 0. The van der Waals surface area contributed by atoms with E-state index in [1.54, 1.807) is 12.4 Å². The van der Waals surface area contributed by atoms with Gasteiger partial charge in [0, 0.05) is 30.4 Å². The highest BCUT2D eigenvalue weighted by atomic mass is 19.4. The molecule has 1 unspecified atom stereocenters. The fraction of sp³-hybridized carbons (Fsp3) is 0.238. The predicted molar refractivity (Wildman–Crippen MR) is 103 cm³/mol. The quantitative estimate of drug-likeness (QED) is 0.539. The van der Waals surface area contributed by atoms with Crippen LogP contribution in [0.1, 0.15) is 29.2 Å². The molecule has 3 aromatic heterocycles. The lowest BCUT2D eigenvalue weighted by atomic mass is 10.0. The Balaban J connectivity index is 1.40. The van der Waals surface area contributed by atoms with E-state index in [1.807, 2.05) is 15.9 Å². The van der Waals surface area contributed by atoms with Crippen LogP contribution >= 0.6 is 0 Å². The maximum Gasteiger partial charge on any atom is 0.435 e. The first-order chi connectivity index (χ1) is 14.5. The molecular weight excluding hydrogens is 393 g/mol. The van der Waals surface area contributed by atoms with E-state index in [0.717, 1.165) is 19.4 Å². The van der Waals surface area contributed by atoms with Crippen LogP contribution in [0.5, 0.6) is 0 Å². The molecular formula is C21H17F3N6. The van der Waals surface area contributed by atoms with E-state index in [4.69, 9.17) is 0 Å².